The average molecular weight is 400 g/mol. The van der Waals surface area contributed by atoms with Gasteiger partial charge in [-0.1, -0.05) is 23.7 Å². The summed E-state index contributed by atoms with van der Waals surface area (Å²) in [7, 11) is 0. The zero-order chi connectivity index (χ0) is 20.3. The molecule has 0 spiro atoms. The number of nitro groups is 1. The number of nitrogens with zero attached hydrogens (tertiary/aromatic N) is 4. The van der Waals surface area contributed by atoms with Gasteiger partial charge in [-0.05, 0) is 18.2 Å². The van der Waals surface area contributed by atoms with Crippen LogP contribution in [-0.4, -0.2) is 27.4 Å². The van der Waals surface area contributed by atoms with Crippen LogP contribution in [0.5, 0.6) is 5.75 Å². The van der Waals surface area contributed by atoms with Crippen LogP contribution in [0.15, 0.2) is 51.1 Å². The molecule has 28 heavy (non-hydrogen) atoms. The smallest absolute Gasteiger partial charge is 0.349 e. The van der Waals surface area contributed by atoms with Crippen LogP contribution in [0.25, 0.3) is 10.9 Å². The first-order valence-corrected chi connectivity index (χ1v) is 8.06. The number of ether oxygens (including phenoxy) is 1. The molecule has 2 aromatic carbocycles. The monoisotopic (exact) mass is 399 g/mol. The molecule has 0 aliphatic heterocycles. The number of hydrogen-bond donors (Lipinski definition) is 1. The van der Waals surface area contributed by atoms with Gasteiger partial charge in [-0.3, -0.25) is 14.9 Å². The molecule has 1 heterocycles. The molecule has 0 aliphatic carbocycles. The minimum absolute atomic E-state index is 0.0113. The number of aromatic amines is 1. The Labute approximate surface area is 161 Å². The van der Waals surface area contributed by atoms with Crippen LogP contribution >= 0.6 is 11.6 Å². The SMILES string of the molecule is N#CCOc1c(C=Nn2c(=O)[nH]c3ccccc3c2=O)cc(Cl)cc1[N+](=O)[O-]. The Morgan fingerprint density at radius 1 is 1.36 bits per heavy atom. The number of halogens is 1. The number of benzene rings is 2. The fraction of sp³-hybridized carbons (Fsp3) is 0.0588. The van der Waals surface area contributed by atoms with Gasteiger partial charge in [0.25, 0.3) is 5.56 Å². The highest BCUT2D eigenvalue weighted by Crippen LogP contribution is 2.33. The molecule has 3 aromatic rings. The predicted molar refractivity (Wildman–Crippen MR) is 101 cm³/mol. The summed E-state index contributed by atoms with van der Waals surface area (Å²) in [6, 6.07) is 10.4. The Kier molecular flexibility index (Phi) is 5.19. The molecule has 0 aliphatic rings. The van der Waals surface area contributed by atoms with Crippen molar-refractivity contribution < 1.29 is 9.66 Å². The summed E-state index contributed by atoms with van der Waals surface area (Å²) in [4.78, 5) is 37.7. The van der Waals surface area contributed by atoms with Gasteiger partial charge in [-0.2, -0.15) is 10.4 Å². The molecule has 0 atom stereocenters. The summed E-state index contributed by atoms with van der Waals surface area (Å²) in [5.41, 5.74) is -1.58. The molecule has 1 N–H and O–H groups in total. The average Bonchev–Trinajstić information content (AvgIpc) is 2.66. The lowest BCUT2D eigenvalue weighted by molar-refractivity contribution is -0.385. The van der Waals surface area contributed by atoms with Crippen LogP contribution in [-0.2, 0) is 0 Å². The summed E-state index contributed by atoms with van der Waals surface area (Å²) in [6.07, 6.45) is 1.02. The van der Waals surface area contributed by atoms with Gasteiger partial charge in [-0.25, -0.2) is 4.79 Å². The quantitative estimate of drug-likeness (QED) is 0.395. The van der Waals surface area contributed by atoms with Crippen LogP contribution in [0.1, 0.15) is 5.56 Å². The first-order valence-electron chi connectivity index (χ1n) is 7.68. The van der Waals surface area contributed by atoms with Crippen LogP contribution in [0.3, 0.4) is 0 Å². The van der Waals surface area contributed by atoms with Gasteiger partial charge in [-0.15, -0.1) is 4.68 Å². The Morgan fingerprint density at radius 3 is 2.82 bits per heavy atom. The first kappa shape index (κ1) is 18.8. The maximum atomic E-state index is 12.5. The van der Waals surface area contributed by atoms with Gasteiger partial charge in [0.1, 0.15) is 6.07 Å². The fourth-order valence-electron chi connectivity index (χ4n) is 2.47. The Morgan fingerprint density at radius 2 is 2.11 bits per heavy atom. The van der Waals surface area contributed by atoms with Gasteiger partial charge in [0.15, 0.2) is 6.61 Å². The second-order valence-corrected chi connectivity index (χ2v) is 5.82. The topological polar surface area (TPSA) is 143 Å². The van der Waals surface area contributed by atoms with Gasteiger partial charge in [0, 0.05) is 16.7 Å². The zero-order valence-corrected chi connectivity index (χ0v) is 14.7. The van der Waals surface area contributed by atoms with Gasteiger partial charge < -0.3 is 9.72 Å². The van der Waals surface area contributed by atoms with Crippen molar-refractivity contribution >= 4 is 34.4 Å². The van der Waals surface area contributed by atoms with Crippen molar-refractivity contribution in [2.24, 2.45) is 5.10 Å². The van der Waals surface area contributed by atoms with Gasteiger partial charge in [0.05, 0.1) is 22.0 Å². The molecule has 0 bridgehead atoms. The lowest BCUT2D eigenvalue weighted by atomic mass is 10.2. The van der Waals surface area contributed by atoms with E-state index in [1.165, 1.54) is 12.1 Å². The molecule has 0 radical (unpaired) electrons. The molecule has 3 rings (SSSR count). The van der Waals surface area contributed by atoms with Crippen molar-refractivity contribution in [3.05, 3.63) is 77.9 Å². The zero-order valence-electron chi connectivity index (χ0n) is 14.0. The van der Waals surface area contributed by atoms with Crippen LogP contribution in [0, 0.1) is 21.4 Å². The molecule has 11 heteroatoms. The number of hydrogen-bond acceptors (Lipinski definition) is 7. The van der Waals surface area contributed by atoms with Crippen molar-refractivity contribution in [1.82, 2.24) is 9.66 Å². The van der Waals surface area contributed by atoms with E-state index < -0.39 is 28.5 Å². The Bertz CT molecular complexity index is 1270. The van der Waals surface area contributed by atoms with Gasteiger partial charge >= 0.3 is 11.4 Å². The number of H-pyrrole nitrogens is 1. The van der Waals surface area contributed by atoms with E-state index in [1.807, 2.05) is 0 Å². The molecule has 0 saturated carbocycles. The van der Waals surface area contributed by atoms with E-state index in [9.17, 15) is 19.7 Å². The molecule has 140 valence electrons. The maximum absolute atomic E-state index is 12.5. The highest BCUT2D eigenvalue weighted by atomic mass is 35.5. The molecule has 1 aromatic heterocycles. The Balaban J connectivity index is 2.16. The summed E-state index contributed by atoms with van der Waals surface area (Å²) < 4.78 is 5.70. The van der Waals surface area contributed by atoms with Crippen molar-refractivity contribution in [3.8, 4) is 11.8 Å². The minimum atomic E-state index is -0.795. The van der Waals surface area contributed by atoms with E-state index >= 15 is 0 Å². The van der Waals surface area contributed by atoms with Crippen molar-refractivity contribution in [2.75, 3.05) is 6.61 Å². The fourth-order valence-corrected chi connectivity index (χ4v) is 2.69. The molecule has 0 fully saturated rings. The number of fused-ring (bicyclic) bond motifs is 1. The largest absolute Gasteiger partial charge is 0.471 e. The second kappa shape index (κ2) is 7.73. The molecule has 10 nitrogen and oxygen atoms in total. The van der Waals surface area contributed by atoms with E-state index in [0.29, 0.717) is 10.2 Å². The van der Waals surface area contributed by atoms with E-state index in [1.54, 1.807) is 24.3 Å². The summed E-state index contributed by atoms with van der Waals surface area (Å²) in [6.45, 7) is -0.459. The molecule has 0 saturated heterocycles. The molecule has 0 amide bonds. The van der Waals surface area contributed by atoms with Gasteiger partial charge in [0.2, 0.25) is 5.75 Å². The molecule has 0 unspecified atom stereocenters. The third-order valence-electron chi connectivity index (χ3n) is 3.64. The van der Waals surface area contributed by atoms with Crippen LogP contribution < -0.4 is 16.0 Å². The lowest BCUT2D eigenvalue weighted by Crippen LogP contribution is -2.32. The van der Waals surface area contributed by atoms with E-state index in [4.69, 9.17) is 21.6 Å². The number of aromatic nitrogens is 2. The summed E-state index contributed by atoms with van der Waals surface area (Å²) in [5.74, 6) is -0.259. The number of nitriles is 1. The third-order valence-corrected chi connectivity index (χ3v) is 3.85. The van der Waals surface area contributed by atoms with E-state index in [-0.39, 0.29) is 21.7 Å². The third kappa shape index (κ3) is 3.60. The number of para-hydroxylation sites is 1. The maximum Gasteiger partial charge on any atom is 0.349 e. The Hall–Kier alpha value is -3.97. The van der Waals surface area contributed by atoms with Crippen molar-refractivity contribution in [1.29, 1.82) is 5.26 Å². The van der Waals surface area contributed by atoms with E-state index in [2.05, 4.69) is 10.1 Å². The van der Waals surface area contributed by atoms with Crippen LogP contribution in [0.2, 0.25) is 5.02 Å². The molecular formula is C17H10ClN5O5. The minimum Gasteiger partial charge on any atom is -0.471 e. The lowest BCUT2D eigenvalue weighted by Gasteiger charge is -2.07. The van der Waals surface area contributed by atoms with E-state index in [0.717, 1.165) is 12.3 Å². The number of rotatable bonds is 5. The highest BCUT2D eigenvalue weighted by molar-refractivity contribution is 6.31. The summed E-state index contributed by atoms with van der Waals surface area (Å²) >= 11 is 5.90. The second-order valence-electron chi connectivity index (χ2n) is 5.38. The number of nitrogens with one attached hydrogen (secondary N) is 1. The normalized spacial score (nSPS) is 10.9. The van der Waals surface area contributed by atoms with Crippen molar-refractivity contribution in [2.45, 2.75) is 0 Å². The highest BCUT2D eigenvalue weighted by Gasteiger charge is 2.20. The molecular weight excluding hydrogens is 390 g/mol. The number of nitro benzene ring substituents is 1. The standard InChI is InChI=1S/C17H10ClN5O5/c18-11-7-10(15(28-6-5-19)14(8-11)23(26)27)9-20-22-16(24)12-3-1-2-4-13(12)21-17(22)25/h1-4,7-9H,6H2,(H,21,25). The van der Waals surface area contributed by atoms with Crippen molar-refractivity contribution in [3.63, 3.8) is 0 Å². The first-order chi connectivity index (χ1) is 13.4. The summed E-state index contributed by atoms with van der Waals surface area (Å²) in [5, 5.41) is 24.0. The predicted octanol–water partition coefficient (Wildman–Crippen LogP) is 2.04. The van der Waals surface area contributed by atoms with Crippen LogP contribution in [0.4, 0.5) is 5.69 Å².